The minimum atomic E-state index is -0.665. The summed E-state index contributed by atoms with van der Waals surface area (Å²) >= 11 is 5.85. The maximum Gasteiger partial charge on any atom is 0.262 e. The molecule has 5 heteroatoms. The number of carbonyl (C=O) groups excluding carboxylic acids is 2. The van der Waals surface area contributed by atoms with E-state index in [9.17, 15) is 9.59 Å². The van der Waals surface area contributed by atoms with Gasteiger partial charge in [0.25, 0.3) is 5.91 Å². The fourth-order valence-electron chi connectivity index (χ4n) is 1.34. The molecule has 0 aliphatic carbocycles. The Kier molecular flexibility index (Phi) is 4.52. The van der Waals surface area contributed by atoms with Gasteiger partial charge in [-0.25, -0.2) is 0 Å². The van der Waals surface area contributed by atoms with E-state index in [0.29, 0.717) is 17.1 Å². The number of hydrogen-bond donors (Lipinski definition) is 0. The summed E-state index contributed by atoms with van der Waals surface area (Å²) in [6, 6.07) is 4.86. The molecule has 17 heavy (non-hydrogen) atoms. The van der Waals surface area contributed by atoms with Crippen molar-refractivity contribution in [3.8, 4) is 5.75 Å². The van der Waals surface area contributed by atoms with E-state index in [1.165, 1.54) is 4.90 Å². The number of halogens is 1. The third-order valence-electron chi connectivity index (χ3n) is 2.22. The average Bonchev–Trinajstić information content (AvgIpc) is 2.28. The standard InChI is InChI=1S/C12H14ClNO3/c1-8(12(16)14(2)3)17-11-6-4-5-10(13)9(11)7-15/h4-8H,1-3H3. The number of rotatable bonds is 4. The van der Waals surface area contributed by atoms with Crippen LogP contribution in [0.2, 0.25) is 5.02 Å². The van der Waals surface area contributed by atoms with Crippen molar-refractivity contribution in [3.63, 3.8) is 0 Å². The molecule has 0 saturated heterocycles. The van der Waals surface area contributed by atoms with E-state index in [2.05, 4.69) is 0 Å². The minimum absolute atomic E-state index is 0.179. The second-order valence-electron chi connectivity index (χ2n) is 3.76. The molecular formula is C12H14ClNO3. The molecule has 92 valence electrons. The molecule has 1 aromatic carbocycles. The molecule has 1 amide bonds. The summed E-state index contributed by atoms with van der Waals surface area (Å²) in [4.78, 5) is 23.9. The third kappa shape index (κ3) is 3.20. The Balaban J connectivity index is 2.92. The molecular weight excluding hydrogens is 242 g/mol. The zero-order valence-electron chi connectivity index (χ0n) is 9.94. The van der Waals surface area contributed by atoms with Crippen LogP contribution in [0.5, 0.6) is 5.75 Å². The lowest BCUT2D eigenvalue weighted by atomic mass is 10.2. The average molecular weight is 256 g/mol. The number of nitrogens with zero attached hydrogens (tertiary/aromatic N) is 1. The number of benzene rings is 1. The summed E-state index contributed by atoms with van der Waals surface area (Å²) in [6.45, 7) is 1.62. The second kappa shape index (κ2) is 5.68. The van der Waals surface area contributed by atoms with Gasteiger partial charge in [0.2, 0.25) is 0 Å². The number of carbonyl (C=O) groups is 2. The lowest BCUT2D eigenvalue weighted by Gasteiger charge is -2.19. The Bertz CT molecular complexity index is 432. The van der Waals surface area contributed by atoms with Crippen LogP contribution in [0.4, 0.5) is 0 Å². The largest absolute Gasteiger partial charge is 0.480 e. The van der Waals surface area contributed by atoms with Gasteiger partial charge in [-0.1, -0.05) is 17.7 Å². The smallest absolute Gasteiger partial charge is 0.262 e. The molecule has 0 aromatic heterocycles. The summed E-state index contributed by atoms with van der Waals surface area (Å²) in [5.41, 5.74) is 0.257. The van der Waals surface area contributed by atoms with Crippen LogP contribution in [0, 0.1) is 0 Å². The van der Waals surface area contributed by atoms with Crippen LogP contribution >= 0.6 is 11.6 Å². The van der Waals surface area contributed by atoms with Gasteiger partial charge >= 0.3 is 0 Å². The molecule has 0 spiro atoms. The molecule has 0 N–H and O–H groups in total. The van der Waals surface area contributed by atoms with Gasteiger partial charge in [-0.3, -0.25) is 9.59 Å². The summed E-state index contributed by atoms with van der Waals surface area (Å²) in [5, 5.41) is 0.307. The van der Waals surface area contributed by atoms with E-state index in [0.717, 1.165) is 0 Å². The number of aldehydes is 1. The second-order valence-corrected chi connectivity index (χ2v) is 4.17. The predicted octanol–water partition coefficient (Wildman–Crippen LogP) is 2.01. The first-order chi connectivity index (χ1) is 7.97. The van der Waals surface area contributed by atoms with Gasteiger partial charge in [-0.2, -0.15) is 0 Å². The lowest BCUT2D eigenvalue weighted by molar-refractivity contribution is -0.135. The molecule has 1 rings (SSSR count). The van der Waals surface area contributed by atoms with Gasteiger partial charge < -0.3 is 9.64 Å². The summed E-state index contributed by atoms with van der Waals surface area (Å²) in [7, 11) is 3.28. The molecule has 0 heterocycles. The first-order valence-electron chi connectivity index (χ1n) is 5.09. The third-order valence-corrected chi connectivity index (χ3v) is 2.55. The van der Waals surface area contributed by atoms with Crippen molar-refractivity contribution in [1.82, 2.24) is 4.90 Å². The number of hydrogen-bond acceptors (Lipinski definition) is 3. The molecule has 1 unspecified atom stereocenters. The SMILES string of the molecule is CC(Oc1cccc(Cl)c1C=O)C(=O)N(C)C. The van der Waals surface area contributed by atoms with Crippen molar-refractivity contribution in [2.24, 2.45) is 0 Å². The van der Waals surface area contributed by atoms with Crippen molar-refractivity contribution in [2.45, 2.75) is 13.0 Å². The Morgan fingerprint density at radius 1 is 1.47 bits per heavy atom. The first kappa shape index (κ1) is 13.5. The van der Waals surface area contributed by atoms with E-state index in [4.69, 9.17) is 16.3 Å². The Labute approximate surface area is 105 Å². The van der Waals surface area contributed by atoms with Crippen LogP contribution in [0.25, 0.3) is 0 Å². The topological polar surface area (TPSA) is 46.6 Å². The monoisotopic (exact) mass is 255 g/mol. The Morgan fingerprint density at radius 3 is 2.65 bits per heavy atom. The normalized spacial score (nSPS) is 11.8. The highest BCUT2D eigenvalue weighted by Crippen LogP contribution is 2.25. The molecule has 0 aliphatic rings. The van der Waals surface area contributed by atoms with E-state index in [1.807, 2.05) is 0 Å². The maximum absolute atomic E-state index is 11.6. The summed E-state index contributed by atoms with van der Waals surface area (Å²) in [6.07, 6.45) is -0.0491. The fourth-order valence-corrected chi connectivity index (χ4v) is 1.55. The first-order valence-corrected chi connectivity index (χ1v) is 5.46. The van der Waals surface area contributed by atoms with Gasteiger partial charge in [0.05, 0.1) is 10.6 Å². The van der Waals surface area contributed by atoms with Crippen LogP contribution in [0.15, 0.2) is 18.2 Å². The van der Waals surface area contributed by atoms with Gasteiger partial charge in [0.15, 0.2) is 12.4 Å². The fraction of sp³-hybridized carbons (Fsp3) is 0.333. The van der Waals surface area contributed by atoms with Crippen molar-refractivity contribution >= 4 is 23.8 Å². The Hall–Kier alpha value is -1.55. The Morgan fingerprint density at radius 2 is 2.12 bits per heavy atom. The summed E-state index contributed by atoms with van der Waals surface area (Å²) in [5.74, 6) is 0.136. The molecule has 0 radical (unpaired) electrons. The van der Waals surface area contributed by atoms with E-state index >= 15 is 0 Å². The van der Waals surface area contributed by atoms with Crippen LogP contribution in [-0.4, -0.2) is 37.3 Å². The van der Waals surface area contributed by atoms with Gasteiger partial charge in [-0.05, 0) is 19.1 Å². The number of amides is 1. The quantitative estimate of drug-likeness (QED) is 0.773. The van der Waals surface area contributed by atoms with Crippen LogP contribution in [0.1, 0.15) is 17.3 Å². The lowest BCUT2D eigenvalue weighted by Crippen LogP contribution is -2.35. The molecule has 0 fully saturated rings. The van der Waals surface area contributed by atoms with Crippen molar-refractivity contribution in [3.05, 3.63) is 28.8 Å². The highest BCUT2D eigenvalue weighted by molar-refractivity contribution is 6.33. The molecule has 4 nitrogen and oxygen atoms in total. The van der Waals surface area contributed by atoms with E-state index < -0.39 is 6.10 Å². The van der Waals surface area contributed by atoms with Crippen LogP contribution in [0.3, 0.4) is 0 Å². The van der Waals surface area contributed by atoms with Gasteiger partial charge in [-0.15, -0.1) is 0 Å². The molecule has 1 aromatic rings. The van der Waals surface area contributed by atoms with E-state index in [-0.39, 0.29) is 11.5 Å². The highest BCUT2D eigenvalue weighted by atomic mass is 35.5. The van der Waals surface area contributed by atoms with Gasteiger partial charge in [0.1, 0.15) is 5.75 Å². The van der Waals surface area contributed by atoms with E-state index in [1.54, 1.807) is 39.2 Å². The highest BCUT2D eigenvalue weighted by Gasteiger charge is 2.18. The van der Waals surface area contributed by atoms with Crippen molar-refractivity contribution in [2.75, 3.05) is 14.1 Å². The number of ether oxygens (including phenoxy) is 1. The van der Waals surface area contributed by atoms with Crippen molar-refractivity contribution < 1.29 is 14.3 Å². The maximum atomic E-state index is 11.6. The molecule has 1 atom stereocenters. The minimum Gasteiger partial charge on any atom is -0.480 e. The number of likely N-dealkylation sites (N-methyl/N-ethyl adjacent to an activating group) is 1. The predicted molar refractivity (Wildman–Crippen MR) is 65.6 cm³/mol. The zero-order valence-corrected chi connectivity index (χ0v) is 10.7. The molecule has 0 aliphatic heterocycles. The molecule has 0 saturated carbocycles. The van der Waals surface area contributed by atoms with Crippen LogP contribution in [-0.2, 0) is 4.79 Å². The van der Waals surface area contributed by atoms with Gasteiger partial charge in [0, 0.05) is 14.1 Å². The van der Waals surface area contributed by atoms with Crippen molar-refractivity contribution in [1.29, 1.82) is 0 Å². The zero-order chi connectivity index (χ0) is 13.0. The summed E-state index contributed by atoms with van der Waals surface area (Å²) < 4.78 is 5.43. The molecule has 0 bridgehead atoms. The van der Waals surface area contributed by atoms with Crippen LogP contribution < -0.4 is 4.74 Å².